The van der Waals surface area contributed by atoms with Gasteiger partial charge in [0, 0.05) is 11.1 Å². The lowest BCUT2D eigenvalue weighted by Crippen LogP contribution is -2.10. The van der Waals surface area contributed by atoms with Crippen LogP contribution in [0.5, 0.6) is 0 Å². The van der Waals surface area contributed by atoms with Crippen LogP contribution in [0.25, 0.3) is 11.3 Å². The van der Waals surface area contributed by atoms with E-state index in [9.17, 15) is 18.0 Å². The Morgan fingerprint density at radius 1 is 1.35 bits per heavy atom. The third kappa shape index (κ3) is 3.44. The van der Waals surface area contributed by atoms with E-state index in [0.717, 1.165) is 12.1 Å². The quantitative estimate of drug-likeness (QED) is 0.773. The molecule has 2 rings (SSSR count). The molecule has 0 amide bonds. The number of hydrogen-bond donors (Lipinski definition) is 0. The van der Waals surface area contributed by atoms with Gasteiger partial charge >= 0.3 is 5.97 Å². The summed E-state index contributed by atoms with van der Waals surface area (Å²) in [6.07, 6.45) is -2.94. The van der Waals surface area contributed by atoms with Crippen molar-refractivity contribution in [2.45, 2.75) is 20.3 Å². The van der Waals surface area contributed by atoms with E-state index in [4.69, 9.17) is 16.3 Å². The number of esters is 1. The van der Waals surface area contributed by atoms with Crippen molar-refractivity contribution in [1.29, 1.82) is 0 Å². The van der Waals surface area contributed by atoms with Crippen molar-refractivity contribution in [1.82, 2.24) is 10.2 Å². The van der Waals surface area contributed by atoms with E-state index in [2.05, 4.69) is 10.2 Å². The van der Waals surface area contributed by atoms with Crippen LogP contribution in [0.4, 0.5) is 13.2 Å². The number of alkyl halides is 2. The Morgan fingerprint density at radius 2 is 2.04 bits per heavy atom. The minimum Gasteiger partial charge on any atom is -0.462 e. The fourth-order valence-electron chi connectivity index (χ4n) is 2.00. The lowest BCUT2D eigenvalue weighted by Gasteiger charge is -2.12. The minimum absolute atomic E-state index is 0.0245. The van der Waals surface area contributed by atoms with Crippen LogP contribution in [0.3, 0.4) is 0 Å². The molecule has 0 N–H and O–H groups in total. The van der Waals surface area contributed by atoms with Gasteiger partial charge in [-0.05, 0) is 26.0 Å². The molecule has 0 saturated heterocycles. The van der Waals surface area contributed by atoms with Crippen LogP contribution in [-0.4, -0.2) is 22.8 Å². The van der Waals surface area contributed by atoms with Gasteiger partial charge in [-0.3, -0.25) is 0 Å². The maximum atomic E-state index is 14.2. The Balaban J connectivity index is 2.66. The molecule has 1 aromatic carbocycles. The van der Waals surface area contributed by atoms with Crippen LogP contribution in [0.1, 0.15) is 35.0 Å². The van der Waals surface area contributed by atoms with Crippen LogP contribution in [0.2, 0.25) is 5.02 Å². The van der Waals surface area contributed by atoms with E-state index in [-0.39, 0.29) is 28.6 Å². The van der Waals surface area contributed by atoms with Crippen LogP contribution in [0, 0.1) is 12.7 Å². The van der Waals surface area contributed by atoms with Gasteiger partial charge in [0.1, 0.15) is 0 Å². The molecule has 0 fully saturated rings. The highest BCUT2D eigenvalue weighted by Gasteiger charge is 2.23. The Hall–Kier alpha value is -2.15. The number of ether oxygens (including phenoxy) is 1. The monoisotopic (exact) mass is 344 g/mol. The molecule has 0 aliphatic heterocycles. The van der Waals surface area contributed by atoms with Crippen molar-refractivity contribution < 1.29 is 22.7 Å². The summed E-state index contributed by atoms with van der Waals surface area (Å²) in [5.41, 5.74) is -1.01. The molecule has 8 heteroatoms. The van der Waals surface area contributed by atoms with E-state index >= 15 is 0 Å². The molecule has 0 atom stereocenters. The van der Waals surface area contributed by atoms with Crippen molar-refractivity contribution in [2.24, 2.45) is 0 Å². The minimum atomic E-state index is -2.94. The molecule has 122 valence electrons. The fourth-order valence-corrected chi connectivity index (χ4v) is 2.16. The highest BCUT2D eigenvalue weighted by atomic mass is 35.5. The molecule has 0 bridgehead atoms. The summed E-state index contributed by atoms with van der Waals surface area (Å²) in [5.74, 6) is -1.74. The van der Waals surface area contributed by atoms with E-state index in [1.165, 1.54) is 13.0 Å². The zero-order chi connectivity index (χ0) is 17.1. The Bertz CT molecular complexity index is 754. The number of benzene rings is 1. The number of nitrogens with zero attached hydrogens (tertiary/aromatic N) is 2. The molecule has 0 unspecified atom stereocenters. The van der Waals surface area contributed by atoms with Gasteiger partial charge in [0.2, 0.25) is 0 Å². The summed E-state index contributed by atoms with van der Waals surface area (Å²) in [5, 5.41) is 7.10. The molecular formula is C15H12ClF3N2O2. The first-order valence-corrected chi connectivity index (χ1v) is 7.02. The molecule has 0 aliphatic rings. The Labute approximate surface area is 135 Å². The second kappa shape index (κ2) is 6.95. The molecule has 0 spiro atoms. The van der Waals surface area contributed by atoms with Gasteiger partial charge in [-0.2, -0.15) is 10.2 Å². The van der Waals surface area contributed by atoms with E-state index in [0.29, 0.717) is 0 Å². The predicted molar refractivity (Wildman–Crippen MR) is 78.1 cm³/mol. The summed E-state index contributed by atoms with van der Waals surface area (Å²) in [7, 11) is 0. The predicted octanol–water partition coefficient (Wildman–Crippen LogP) is 4.36. The second-order valence-corrected chi connectivity index (χ2v) is 4.98. The normalized spacial score (nSPS) is 10.9. The highest BCUT2D eigenvalue weighted by Crippen LogP contribution is 2.35. The van der Waals surface area contributed by atoms with Crippen LogP contribution >= 0.6 is 11.6 Å². The van der Waals surface area contributed by atoms with Gasteiger partial charge in [-0.1, -0.05) is 17.7 Å². The van der Waals surface area contributed by atoms with Gasteiger partial charge < -0.3 is 4.74 Å². The molecule has 1 aromatic heterocycles. The first-order valence-electron chi connectivity index (χ1n) is 6.64. The van der Waals surface area contributed by atoms with Crippen molar-refractivity contribution in [3.05, 3.63) is 45.9 Å². The summed E-state index contributed by atoms with van der Waals surface area (Å²) in [6, 6.07) is 3.22. The Kier molecular flexibility index (Phi) is 5.20. The third-order valence-corrected chi connectivity index (χ3v) is 3.38. The number of halogens is 4. The number of carbonyl (C=O) groups is 1. The molecule has 1 heterocycles. The standard InChI is InChI=1S/C15H12ClF3N2O2/c1-3-23-15(22)9-6-11(21-20-7(9)2)12-8(14(18)19)4-5-10(16)13(12)17/h4-6,14H,3H2,1-2H3. The van der Waals surface area contributed by atoms with Crippen molar-refractivity contribution in [3.8, 4) is 11.3 Å². The maximum Gasteiger partial charge on any atom is 0.340 e. The molecule has 0 radical (unpaired) electrons. The Morgan fingerprint density at radius 3 is 2.65 bits per heavy atom. The van der Waals surface area contributed by atoms with Gasteiger partial charge in [-0.25, -0.2) is 18.0 Å². The van der Waals surface area contributed by atoms with E-state index in [1.54, 1.807) is 6.92 Å². The average molecular weight is 345 g/mol. The van der Waals surface area contributed by atoms with Gasteiger partial charge in [-0.15, -0.1) is 0 Å². The SMILES string of the molecule is CCOC(=O)c1cc(-c2c(C(F)F)ccc(Cl)c2F)nnc1C. The third-order valence-electron chi connectivity index (χ3n) is 3.09. The second-order valence-electron chi connectivity index (χ2n) is 4.58. The summed E-state index contributed by atoms with van der Waals surface area (Å²) >= 11 is 5.66. The lowest BCUT2D eigenvalue weighted by molar-refractivity contribution is 0.0524. The zero-order valence-electron chi connectivity index (χ0n) is 12.2. The zero-order valence-corrected chi connectivity index (χ0v) is 13.0. The van der Waals surface area contributed by atoms with Gasteiger partial charge in [0.25, 0.3) is 6.43 Å². The number of aryl methyl sites for hydroxylation is 1. The highest BCUT2D eigenvalue weighted by molar-refractivity contribution is 6.31. The van der Waals surface area contributed by atoms with Crippen LogP contribution in [0.15, 0.2) is 18.2 Å². The largest absolute Gasteiger partial charge is 0.462 e. The summed E-state index contributed by atoms with van der Waals surface area (Å²) in [6.45, 7) is 3.25. The topological polar surface area (TPSA) is 52.1 Å². The number of carbonyl (C=O) groups excluding carboxylic acids is 1. The van der Waals surface area contributed by atoms with Crippen molar-refractivity contribution in [3.63, 3.8) is 0 Å². The first kappa shape index (κ1) is 17.2. The van der Waals surface area contributed by atoms with Gasteiger partial charge in [0.15, 0.2) is 5.82 Å². The van der Waals surface area contributed by atoms with E-state index < -0.39 is 29.3 Å². The molecule has 23 heavy (non-hydrogen) atoms. The van der Waals surface area contributed by atoms with Gasteiger partial charge in [0.05, 0.1) is 28.6 Å². The van der Waals surface area contributed by atoms with Crippen LogP contribution in [-0.2, 0) is 4.74 Å². The maximum absolute atomic E-state index is 14.2. The first-order chi connectivity index (χ1) is 10.9. The number of hydrogen-bond acceptors (Lipinski definition) is 4. The lowest BCUT2D eigenvalue weighted by atomic mass is 10.0. The van der Waals surface area contributed by atoms with Crippen molar-refractivity contribution >= 4 is 17.6 Å². The molecular weight excluding hydrogens is 333 g/mol. The molecule has 4 nitrogen and oxygen atoms in total. The number of rotatable bonds is 4. The summed E-state index contributed by atoms with van der Waals surface area (Å²) < 4.78 is 45.4. The molecule has 2 aromatic rings. The molecule has 0 aliphatic carbocycles. The smallest absolute Gasteiger partial charge is 0.340 e. The summed E-state index contributed by atoms with van der Waals surface area (Å²) in [4.78, 5) is 11.9. The fraction of sp³-hybridized carbons (Fsp3) is 0.267. The average Bonchev–Trinajstić information content (AvgIpc) is 2.50. The number of aromatic nitrogens is 2. The molecule has 0 saturated carbocycles. The van der Waals surface area contributed by atoms with E-state index in [1.807, 2.05) is 0 Å². The van der Waals surface area contributed by atoms with Crippen molar-refractivity contribution in [2.75, 3.05) is 6.61 Å². The van der Waals surface area contributed by atoms with Crippen LogP contribution < -0.4 is 0 Å².